The summed E-state index contributed by atoms with van der Waals surface area (Å²) >= 11 is 0. The molecule has 24 heavy (non-hydrogen) atoms. The van der Waals surface area contributed by atoms with Crippen LogP contribution in [0.25, 0.3) is 0 Å². The van der Waals surface area contributed by atoms with Gasteiger partial charge in [0.1, 0.15) is 24.7 Å². The van der Waals surface area contributed by atoms with Crippen LogP contribution >= 0.6 is 0 Å². The van der Waals surface area contributed by atoms with Gasteiger partial charge in [0, 0.05) is 0 Å². The summed E-state index contributed by atoms with van der Waals surface area (Å²) in [5.41, 5.74) is 0. The average molecular weight is 324 g/mol. The second-order valence-corrected chi connectivity index (χ2v) is 4.31. The minimum Gasteiger partial charge on any atom is -0.497 e. The van der Waals surface area contributed by atoms with E-state index in [1.807, 2.05) is 48.5 Å². The summed E-state index contributed by atoms with van der Waals surface area (Å²) in [7, 11) is 3.22. The highest BCUT2D eigenvalue weighted by Gasteiger charge is 1.99. The van der Waals surface area contributed by atoms with E-state index in [9.17, 15) is 0 Å². The number of hydrogen-bond donors (Lipinski definition) is 0. The summed E-state index contributed by atoms with van der Waals surface area (Å²) < 4.78 is 20.4. The molecule has 124 valence electrons. The first-order chi connectivity index (χ1) is 11.7. The number of ether oxygens (including phenoxy) is 4. The van der Waals surface area contributed by atoms with E-state index in [0.29, 0.717) is 18.1 Å². The van der Waals surface area contributed by atoms with Crippen LogP contribution in [-0.2, 0) is 0 Å². The van der Waals surface area contributed by atoms with Crippen LogP contribution in [0.15, 0.2) is 48.5 Å². The Hall–Kier alpha value is -3.24. The number of para-hydroxylation sites is 2. The van der Waals surface area contributed by atoms with E-state index in [2.05, 4.69) is 11.8 Å². The molecule has 0 unspecified atom stereocenters. The lowest BCUT2D eigenvalue weighted by atomic mass is 10.3. The summed E-state index contributed by atoms with van der Waals surface area (Å²) in [6.07, 6.45) is 10.1. The van der Waals surface area contributed by atoms with Crippen LogP contribution in [0, 0.1) is 24.7 Å². The lowest BCUT2D eigenvalue weighted by Crippen LogP contribution is -1.95. The van der Waals surface area contributed by atoms with Crippen molar-refractivity contribution in [1.29, 1.82) is 0 Å². The largest absolute Gasteiger partial charge is 0.497 e. The molecule has 0 aromatic heterocycles. The van der Waals surface area contributed by atoms with Gasteiger partial charge in [-0.15, -0.1) is 12.8 Å². The van der Waals surface area contributed by atoms with Crippen LogP contribution in [0.4, 0.5) is 0 Å². The third-order valence-electron chi connectivity index (χ3n) is 2.76. The Labute approximate surface area is 143 Å². The highest BCUT2D eigenvalue weighted by atomic mass is 16.5. The summed E-state index contributed by atoms with van der Waals surface area (Å²) in [5, 5.41) is 0. The molecular weight excluding hydrogens is 304 g/mol. The van der Waals surface area contributed by atoms with Crippen molar-refractivity contribution in [2.24, 2.45) is 0 Å². The fourth-order valence-electron chi connectivity index (χ4n) is 1.65. The number of benzene rings is 2. The zero-order chi connectivity index (χ0) is 17.6. The molecule has 2 rings (SSSR count). The molecule has 0 bridgehead atoms. The fraction of sp³-hybridized carbons (Fsp3) is 0.200. The molecule has 0 aliphatic heterocycles. The third-order valence-corrected chi connectivity index (χ3v) is 2.76. The number of rotatable bonds is 6. The van der Waals surface area contributed by atoms with Crippen molar-refractivity contribution in [3.8, 4) is 47.7 Å². The van der Waals surface area contributed by atoms with Gasteiger partial charge in [-0.05, 0) is 36.4 Å². The van der Waals surface area contributed by atoms with Crippen LogP contribution in [0.3, 0.4) is 0 Å². The zero-order valence-electron chi connectivity index (χ0n) is 13.8. The minimum absolute atomic E-state index is 0.264. The molecule has 4 nitrogen and oxygen atoms in total. The first-order valence-electron chi connectivity index (χ1n) is 7.14. The Morgan fingerprint density at radius 1 is 0.708 bits per heavy atom. The molecule has 2 aromatic carbocycles. The summed E-state index contributed by atoms with van der Waals surface area (Å²) in [6.45, 7) is 0.562. The molecule has 0 radical (unpaired) electrons. The minimum atomic E-state index is 0.264. The summed E-state index contributed by atoms with van der Waals surface area (Å²) in [4.78, 5) is 0. The van der Waals surface area contributed by atoms with Crippen LogP contribution < -0.4 is 18.9 Å². The Balaban J connectivity index is 0.000000240. The predicted octanol–water partition coefficient (Wildman–Crippen LogP) is 3.41. The SMILES string of the molecule is C#CCOc1ccc(OC)cc1.C#CCOc1ccccc1OC. The monoisotopic (exact) mass is 324 g/mol. The standard InChI is InChI=1S/2C10H10O2/c1-3-8-12-10-6-4-9(11-2)5-7-10;1-3-8-12-10-7-5-4-6-9(10)11-2/h2*1,4-7H,8H2,2H3. The molecule has 4 heteroatoms. The van der Waals surface area contributed by atoms with Gasteiger partial charge in [0.05, 0.1) is 14.2 Å². The van der Waals surface area contributed by atoms with Crippen LogP contribution in [0.2, 0.25) is 0 Å². The quantitative estimate of drug-likeness (QED) is 0.763. The molecule has 0 amide bonds. The maximum Gasteiger partial charge on any atom is 0.162 e. The van der Waals surface area contributed by atoms with Gasteiger partial charge in [-0.3, -0.25) is 0 Å². The second kappa shape index (κ2) is 11.3. The highest BCUT2D eigenvalue weighted by Crippen LogP contribution is 2.25. The van der Waals surface area contributed by atoms with Crippen molar-refractivity contribution < 1.29 is 18.9 Å². The summed E-state index contributed by atoms with van der Waals surface area (Å²) in [6, 6.07) is 14.7. The average Bonchev–Trinajstić information content (AvgIpc) is 2.65. The molecule has 0 spiro atoms. The Kier molecular flexibility index (Phi) is 8.89. The van der Waals surface area contributed by atoms with Crippen molar-refractivity contribution in [2.45, 2.75) is 0 Å². The Bertz CT molecular complexity index is 678. The van der Waals surface area contributed by atoms with Crippen molar-refractivity contribution in [3.05, 3.63) is 48.5 Å². The zero-order valence-corrected chi connectivity index (χ0v) is 13.8. The van der Waals surface area contributed by atoms with E-state index in [1.54, 1.807) is 14.2 Å². The molecule has 0 aliphatic rings. The van der Waals surface area contributed by atoms with E-state index >= 15 is 0 Å². The van der Waals surface area contributed by atoms with Gasteiger partial charge in [-0.1, -0.05) is 24.0 Å². The van der Waals surface area contributed by atoms with Gasteiger partial charge in [-0.2, -0.15) is 0 Å². The number of hydrogen-bond acceptors (Lipinski definition) is 4. The predicted molar refractivity (Wildman–Crippen MR) is 94.6 cm³/mol. The van der Waals surface area contributed by atoms with Gasteiger partial charge < -0.3 is 18.9 Å². The van der Waals surface area contributed by atoms with Crippen LogP contribution in [-0.4, -0.2) is 27.4 Å². The Morgan fingerprint density at radius 2 is 1.25 bits per heavy atom. The van der Waals surface area contributed by atoms with E-state index in [4.69, 9.17) is 31.8 Å². The first kappa shape index (κ1) is 18.8. The molecule has 0 saturated heterocycles. The fourth-order valence-corrected chi connectivity index (χ4v) is 1.65. The van der Waals surface area contributed by atoms with E-state index in [1.165, 1.54) is 0 Å². The highest BCUT2D eigenvalue weighted by molar-refractivity contribution is 5.39. The second-order valence-electron chi connectivity index (χ2n) is 4.31. The van der Waals surface area contributed by atoms with Gasteiger partial charge in [-0.25, -0.2) is 0 Å². The molecule has 0 fully saturated rings. The molecular formula is C20H20O4. The summed E-state index contributed by atoms with van der Waals surface area (Å²) in [5.74, 6) is 7.73. The number of terminal acetylenes is 2. The molecule has 0 saturated carbocycles. The van der Waals surface area contributed by atoms with Crippen molar-refractivity contribution in [3.63, 3.8) is 0 Å². The Morgan fingerprint density at radius 3 is 1.79 bits per heavy atom. The third kappa shape index (κ3) is 6.68. The maximum atomic E-state index is 5.22. The van der Waals surface area contributed by atoms with Gasteiger partial charge in [0.2, 0.25) is 0 Å². The molecule has 0 N–H and O–H groups in total. The van der Waals surface area contributed by atoms with Gasteiger partial charge in [0.15, 0.2) is 11.5 Å². The topological polar surface area (TPSA) is 36.9 Å². The molecule has 0 aliphatic carbocycles. The smallest absolute Gasteiger partial charge is 0.162 e. The first-order valence-corrected chi connectivity index (χ1v) is 7.14. The van der Waals surface area contributed by atoms with Crippen molar-refractivity contribution in [1.82, 2.24) is 0 Å². The van der Waals surface area contributed by atoms with Crippen molar-refractivity contribution >= 4 is 0 Å². The van der Waals surface area contributed by atoms with Gasteiger partial charge in [0.25, 0.3) is 0 Å². The van der Waals surface area contributed by atoms with E-state index in [0.717, 1.165) is 11.5 Å². The number of methoxy groups -OCH3 is 2. The van der Waals surface area contributed by atoms with Crippen molar-refractivity contribution in [2.75, 3.05) is 27.4 Å². The lowest BCUT2D eigenvalue weighted by Gasteiger charge is -2.06. The van der Waals surface area contributed by atoms with Crippen LogP contribution in [0.5, 0.6) is 23.0 Å². The van der Waals surface area contributed by atoms with Crippen LogP contribution in [0.1, 0.15) is 0 Å². The van der Waals surface area contributed by atoms with E-state index in [-0.39, 0.29) is 6.61 Å². The lowest BCUT2D eigenvalue weighted by molar-refractivity contribution is 0.331. The molecule has 2 aromatic rings. The molecule has 0 atom stereocenters. The van der Waals surface area contributed by atoms with E-state index < -0.39 is 0 Å². The molecule has 0 heterocycles. The maximum absolute atomic E-state index is 5.22. The normalized spacial score (nSPS) is 8.67. The van der Waals surface area contributed by atoms with Gasteiger partial charge >= 0.3 is 0 Å².